The molecule has 136 valence electrons. The molecule has 2 heterocycles. The van der Waals surface area contributed by atoms with Crippen molar-refractivity contribution in [1.82, 2.24) is 15.2 Å². The molecule has 0 bridgehead atoms. The average Bonchev–Trinajstić information content (AvgIpc) is 3.34. The number of nitrogens with one attached hydrogen (secondary N) is 2. The first kappa shape index (κ1) is 18.2. The van der Waals surface area contributed by atoms with Crippen molar-refractivity contribution in [3.05, 3.63) is 23.9 Å². The molecule has 2 fully saturated rings. The van der Waals surface area contributed by atoms with Crippen molar-refractivity contribution in [3.8, 4) is 12.1 Å². The number of pyridine rings is 1. The molecule has 1 amide bonds. The standard InChI is InChI=1S/C19H24N6O/c20-9-15-4-6-18(24-12-15)23-11-14-3-5-16(8-14)22-13-19(26)25-7-1-2-17(25)10-21/h4,6,12,14,16-17,22H,1-3,5,7-8,11,13H2,(H,23,24)/t14?,16-,17-/m0/s1. The first-order valence-corrected chi connectivity index (χ1v) is 9.22. The summed E-state index contributed by atoms with van der Waals surface area (Å²) in [6.45, 7) is 1.86. The smallest absolute Gasteiger partial charge is 0.237 e. The Hall–Kier alpha value is -2.64. The largest absolute Gasteiger partial charge is 0.370 e. The van der Waals surface area contributed by atoms with Crippen LogP contribution in [-0.4, -0.2) is 47.5 Å². The molecule has 26 heavy (non-hydrogen) atoms. The maximum absolute atomic E-state index is 12.3. The fourth-order valence-corrected chi connectivity index (χ4v) is 3.79. The minimum Gasteiger partial charge on any atom is -0.370 e. The van der Waals surface area contributed by atoms with Gasteiger partial charge in [-0.3, -0.25) is 4.79 Å². The number of aromatic nitrogens is 1. The summed E-state index contributed by atoms with van der Waals surface area (Å²) in [6, 6.07) is 7.96. The molecule has 1 aromatic rings. The summed E-state index contributed by atoms with van der Waals surface area (Å²) in [6.07, 6.45) is 6.48. The second kappa shape index (κ2) is 8.64. The molecule has 1 aliphatic heterocycles. The molecule has 0 radical (unpaired) electrons. The average molecular weight is 352 g/mol. The lowest BCUT2D eigenvalue weighted by molar-refractivity contribution is -0.130. The number of hydrogen-bond acceptors (Lipinski definition) is 6. The van der Waals surface area contributed by atoms with Crippen LogP contribution < -0.4 is 10.6 Å². The number of anilines is 1. The molecule has 0 aromatic carbocycles. The topological polar surface area (TPSA) is 105 Å². The summed E-state index contributed by atoms with van der Waals surface area (Å²) in [7, 11) is 0. The van der Waals surface area contributed by atoms with Crippen LogP contribution in [0.1, 0.15) is 37.7 Å². The summed E-state index contributed by atoms with van der Waals surface area (Å²) in [5.41, 5.74) is 0.557. The minimum absolute atomic E-state index is 0.0393. The van der Waals surface area contributed by atoms with Crippen LogP contribution in [0.5, 0.6) is 0 Å². The maximum atomic E-state index is 12.3. The van der Waals surface area contributed by atoms with E-state index in [0.29, 0.717) is 30.6 Å². The zero-order chi connectivity index (χ0) is 18.4. The molecular weight excluding hydrogens is 328 g/mol. The summed E-state index contributed by atoms with van der Waals surface area (Å²) < 4.78 is 0. The summed E-state index contributed by atoms with van der Waals surface area (Å²) in [4.78, 5) is 18.2. The van der Waals surface area contributed by atoms with Gasteiger partial charge in [0.2, 0.25) is 5.91 Å². The van der Waals surface area contributed by atoms with Crippen LogP contribution in [0, 0.1) is 28.6 Å². The van der Waals surface area contributed by atoms with Crippen LogP contribution in [0.15, 0.2) is 18.3 Å². The van der Waals surface area contributed by atoms with Crippen molar-refractivity contribution in [2.24, 2.45) is 5.92 Å². The lowest BCUT2D eigenvalue weighted by atomic mass is 10.1. The molecule has 1 saturated carbocycles. The maximum Gasteiger partial charge on any atom is 0.237 e. The van der Waals surface area contributed by atoms with Crippen LogP contribution in [0.4, 0.5) is 5.82 Å². The highest BCUT2D eigenvalue weighted by Gasteiger charge is 2.30. The van der Waals surface area contributed by atoms with Gasteiger partial charge in [0.15, 0.2) is 0 Å². The van der Waals surface area contributed by atoms with E-state index in [1.54, 1.807) is 17.2 Å². The Bertz CT molecular complexity index is 704. The predicted molar refractivity (Wildman–Crippen MR) is 96.9 cm³/mol. The van der Waals surface area contributed by atoms with E-state index >= 15 is 0 Å². The third-order valence-corrected chi connectivity index (χ3v) is 5.27. The number of hydrogen-bond donors (Lipinski definition) is 2. The SMILES string of the molecule is N#Cc1ccc(NCC2CC[C@H](NCC(=O)N3CCC[C@H]3C#N)C2)nc1. The third kappa shape index (κ3) is 4.50. The van der Waals surface area contributed by atoms with Crippen LogP contribution in [0.25, 0.3) is 0 Å². The molecule has 1 aliphatic carbocycles. The van der Waals surface area contributed by atoms with E-state index in [9.17, 15) is 4.79 Å². The first-order chi connectivity index (χ1) is 12.7. The molecule has 1 saturated heterocycles. The van der Waals surface area contributed by atoms with Gasteiger partial charge in [-0.2, -0.15) is 10.5 Å². The summed E-state index contributed by atoms with van der Waals surface area (Å²) in [5.74, 6) is 1.36. The Labute approximate surface area is 154 Å². The molecule has 7 nitrogen and oxygen atoms in total. The van der Waals surface area contributed by atoms with Gasteiger partial charge in [0.1, 0.15) is 17.9 Å². The van der Waals surface area contributed by atoms with Gasteiger partial charge in [-0.1, -0.05) is 0 Å². The predicted octanol–water partition coefficient (Wildman–Crippen LogP) is 1.64. The molecular formula is C19H24N6O. The van der Waals surface area contributed by atoms with E-state index in [2.05, 4.69) is 27.8 Å². The van der Waals surface area contributed by atoms with Gasteiger partial charge in [0.25, 0.3) is 0 Å². The van der Waals surface area contributed by atoms with E-state index in [1.165, 1.54) is 0 Å². The minimum atomic E-state index is -0.246. The Morgan fingerprint density at radius 3 is 2.92 bits per heavy atom. The number of rotatable bonds is 6. The Balaban J connectivity index is 1.38. The normalized spacial score (nSPS) is 24.8. The fraction of sp³-hybridized carbons (Fsp3) is 0.579. The van der Waals surface area contributed by atoms with E-state index in [4.69, 9.17) is 10.5 Å². The quantitative estimate of drug-likeness (QED) is 0.806. The van der Waals surface area contributed by atoms with Gasteiger partial charge >= 0.3 is 0 Å². The fourth-order valence-electron chi connectivity index (χ4n) is 3.79. The Morgan fingerprint density at radius 2 is 2.19 bits per heavy atom. The second-order valence-electron chi connectivity index (χ2n) is 7.06. The number of nitrogens with zero attached hydrogens (tertiary/aromatic N) is 4. The summed E-state index contributed by atoms with van der Waals surface area (Å²) >= 11 is 0. The molecule has 3 atom stereocenters. The van der Waals surface area contributed by atoms with E-state index < -0.39 is 0 Å². The number of carbonyl (C=O) groups is 1. The van der Waals surface area contributed by atoms with Crippen LogP contribution in [0.3, 0.4) is 0 Å². The molecule has 1 unspecified atom stereocenters. The molecule has 0 spiro atoms. The van der Waals surface area contributed by atoms with Crippen molar-refractivity contribution in [2.45, 2.75) is 44.2 Å². The van der Waals surface area contributed by atoms with E-state index in [-0.39, 0.29) is 11.9 Å². The Kier molecular flexibility index (Phi) is 6.04. The number of carbonyl (C=O) groups excluding carboxylic acids is 1. The van der Waals surface area contributed by atoms with Gasteiger partial charge < -0.3 is 15.5 Å². The lowest BCUT2D eigenvalue weighted by Gasteiger charge is -2.21. The third-order valence-electron chi connectivity index (χ3n) is 5.27. The van der Waals surface area contributed by atoms with Crippen molar-refractivity contribution in [2.75, 3.05) is 25.0 Å². The molecule has 2 aliphatic rings. The summed E-state index contributed by atoms with van der Waals surface area (Å²) in [5, 5.41) is 24.6. The van der Waals surface area contributed by atoms with Crippen molar-refractivity contribution >= 4 is 11.7 Å². The van der Waals surface area contributed by atoms with E-state index in [1.807, 2.05) is 6.07 Å². The van der Waals surface area contributed by atoms with Gasteiger partial charge in [0, 0.05) is 25.3 Å². The van der Waals surface area contributed by atoms with E-state index in [0.717, 1.165) is 44.5 Å². The molecule has 2 N–H and O–H groups in total. The number of likely N-dealkylation sites (tertiary alicyclic amines) is 1. The van der Waals surface area contributed by atoms with Crippen molar-refractivity contribution in [3.63, 3.8) is 0 Å². The van der Waals surface area contributed by atoms with Gasteiger partial charge in [-0.05, 0) is 50.2 Å². The van der Waals surface area contributed by atoms with Crippen LogP contribution >= 0.6 is 0 Å². The van der Waals surface area contributed by atoms with Crippen LogP contribution in [0.2, 0.25) is 0 Å². The lowest BCUT2D eigenvalue weighted by Crippen LogP contribution is -2.43. The van der Waals surface area contributed by atoms with Gasteiger partial charge in [0.05, 0.1) is 18.2 Å². The number of amides is 1. The zero-order valence-electron chi connectivity index (χ0n) is 14.8. The number of nitriles is 2. The highest BCUT2D eigenvalue weighted by Crippen LogP contribution is 2.26. The monoisotopic (exact) mass is 352 g/mol. The Morgan fingerprint density at radius 1 is 1.31 bits per heavy atom. The van der Waals surface area contributed by atoms with Gasteiger partial charge in [-0.15, -0.1) is 0 Å². The molecule has 3 rings (SSSR count). The van der Waals surface area contributed by atoms with Gasteiger partial charge in [-0.25, -0.2) is 4.98 Å². The van der Waals surface area contributed by atoms with Crippen LogP contribution in [-0.2, 0) is 4.79 Å². The highest BCUT2D eigenvalue weighted by atomic mass is 16.2. The highest BCUT2D eigenvalue weighted by molar-refractivity contribution is 5.79. The van der Waals surface area contributed by atoms with Crippen molar-refractivity contribution in [1.29, 1.82) is 10.5 Å². The first-order valence-electron chi connectivity index (χ1n) is 9.22. The van der Waals surface area contributed by atoms with Crippen molar-refractivity contribution < 1.29 is 4.79 Å². The molecule has 7 heteroatoms. The molecule has 1 aromatic heterocycles. The second-order valence-corrected chi connectivity index (χ2v) is 7.06. The zero-order valence-corrected chi connectivity index (χ0v) is 14.8.